The Labute approximate surface area is 200 Å². The second-order valence-corrected chi connectivity index (χ2v) is 9.38. The van der Waals surface area contributed by atoms with E-state index in [2.05, 4.69) is 60.4 Å². The summed E-state index contributed by atoms with van der Waals surface area (Å²) in [4.78, 5) is 16.9. The predicted octanol–water partition coefficient (Wildman–Crippen LogP) is 7.25. The number of cyclic esters (lactones) is 1. The van der Waals surface area contributed by atoms with Gasteiger partial charge in [-0.2, -0.15) is 0 Å². The van der Waals surface area contributed by atoms with Crippen molar-refractivity contribution in [3.8, 4) is 11.1 Å². The van der Waals surface area contributed by atoms with Crippen LogP contribution in [0.25, 0.3) is 11.1 Å². The van der Waals surface area contributed by atoms with E-state index in [1.807, 2.05) is 24.3 Å². The van der Waals surface area contributed by atoms with Crippen LogP contribution in [-0.4, -0.2) is 30.6 Å². The van der Waals surface area contributed by atoms with Gasteiger partial charge in [0.05, 0.1) is 12.6 Å². The maximum absolute atomic E-state index is 12.6. The Morgan fingerprint density at radius 3 is 2.33 bits per heavy atom. The maximum atomic E-state index is 12.6. The van der Waals surface area contributed by atoms with E-state index >= 15 is 0 Å². The van der Waals surface area contributed by atoms with Crippen LogP contribution in [0.4, 0.5) is 10.5 Å². The fourth-order valence-electron chi connectivity index (χ4n) is 4.90. The van der Waals surface area contributed by atoms with Gasteiger partial charge in [0.2, 0.25) is 0 Å². The molecule has 0 aromatic heterocycles. The number of benzene rings is 3. The van der Waals surface area contributed by atoms with Gasteiger partial charge in [0.1, 0.15) is 6.10 Å². The van der Waals surface area contributed by atoms with Gasteiger partial charge < -0.3 is 9.64 Å². The minimum absolute atomic E-state index is 0.0683. The number of hydrogen-bond acceptors (Lipinski definition) is 3. The molecule has 2 aliphatic heterocycles. The maximum Gasteiger partial charge on any atom is 0.411 e. The summed E-state index contributed by atoms with van der Waals surface area (Å²) in [6, 6.07) is 24.7. The minimum Gasteiger partial charge on any atom is -0.439 e. The molecular formula is C28H29ClN2O2. The molecular weight excluding hydrogens is 432 g/mol. The summed E-state index contributed by atoms with van der Waals surface area (Å²) in [6.07, 6.45) is 3.29. The van der Waals surface area contributed by atoms with E-state index in [0.29, 0.717) is 11.6 Å². The van der Waals surface area contributed by atoms with Crippen molar-refractivity contribution < 1.29 is 9.53 Å². The van der Waals surface area contributed by atoms with Gasteiger partial charge in [0.15, 0.2) is 0 Å². The summed E-state index contributed by atoms with van der Waals surface area (Å²) >= 11 is 6.00. The van der Waals surface area contributed by atoms with E-state index in [9.17, 15) is 4.79 Å². The van der Waals surface area contributed by atoms with E-state index in [-0.39, 0.29) is 18.2 Å². The van der Waals surface area contributed by atoms with Crippen LogP contribution >= 0.6 is 11.6 Å². The molecule has 0 N–H and O–H groups in total. The molecule has 2 aliphatic rings. The Balaban J connectivity index is 1.33. The van der Waals surface area contributed by atoms with Gasteiger partial charge in [-0.05, 0) is 61.1 Å². The summed E-state index contributed by atoms with van der Waals surface area (Å²) in [7, 11) is 0. The summed E-state index contributed by atoms with van der Waals surface area (Å²) in [6.45, 7) is 4.83. The standard InChI is InChI=1S/C28H29ClN2O2/c1-20(31-19-27(33-28(31)32)23-13-15-24(29)16-14-23)21-9-11-22(12-10-21)25-7-3-4-8-26(25)30-17-5-2-6-18-30/h3-4,7-16,20,27H,2,5-6,17-19H2,1H3/t20?,27-/m0/s1. The van der Waals surface area contributed by atoms with Crippen molar-refractivity contribution in [1.29, 1.82) is 0 Å². The van der Waals surface area contributed by atoms with E-state index in [1.54, 1.807) is 4.90 Å². The molecule has 0 bridgehead atoms. The smallest absolute Gasteiger partial charge is 0.411 e. The molecule has 0 radical (unpaired) electrons. The van der Waals surface area contributed by atoms with Gasteiger partial charge in [-0.15, -0.1) is 0 Å². The summed E-state index contributed by atoms with van der Waals surface area (Å²) < 4.78 is 5.66. The second-order valence-electron chi connectivity index (χ2n) is 8.94. The quantitative estimate of drug-likeness (QED) is 0.402. The van der Waals surface area contributed by atoms with E-state index in [4.69, 9.17) is 16.3 Å². The van der Waals surface area contributed by atoms with Crippen LogP contribution in [0.3, 0.4) is 0 Å². The first kappa shape index (κ1) is 21.8. The Morgan fingerprint density at radius 1 is 0.909 bits per heavy atom. The molecule has 2 atom stereocenters. The number of nitrogens with zero attached hydrogens (tertiary/aromatic N) is 2. The normalized spacial score (nSPS) is 19.5. The van der Waals surface area contributed by atoms with Crippen LogP contribution < -0.4 is 4.90 Å². The number of carbonyl (C=O) groups is 1. The molecule has 2 saturated heterocycles. The largest absolute Gasteiger partial charge is 0.439 e. The lowest BCUT2D eigenvalue weighted by molar-refractivity contribution is 0.129. The molecule has 2 fully saturated rings. The minimum atomic E-state index is -0.276. The van der Waals surface area contributed by atoms with Crippen molar-refractivity contribution in [3.63, 3.8) is 0 Å². The first-order chi connectivity index (χ1) is 16.1. The van der Waals surface area contributed by atoms with Crippen LogP contribution in [0.2, 0.25) is 5.02 Å². The topological polar surface area (TPSA) is 32.8 Å². The Hall–Kier alpha value is -2.98. The van der Waals surface area contributed by atoms with Gasteiger partial charge in [-0.1, -0.05) is 66.2 Å². The molecule has 0 aliphatic carbocycles. The molecule has 33 heavy (non-hydrogen) atoms. The molecule has 5 rings (SSSR count). The summed E-state index contributed by atoms with van der Waals surface area (Å²) in [5.41, 5.74) is 5.85. The molecule has 5 heteroatoms. The summed E-state index contributed by atoms with van der Waals surface area (Å²) in [5.74, 6) is 0. The molecule has 2 heterocycles. The highest BCUT2D eigenvalue weighted by molar-refractivity contribution is 6.30. The molecule has 3 aromatic rings. The number of ether oxygens (including phenoxy) is 1. The van der Waals surface area contributed by atoms with Crippen molar-refractivity contribution in [1.82, 2.24) is 4.90 Å². The monoisotopic (exact) mass is 460 g/mol. The van der Waals surface area contributed by atoms with Crippen molar-refractivity contribution in [2.45, 2.75) is 38.3 Å². The first-order valence-corrected chi connectivity index (χ1v) is 12.1. The molecule has 1 unspecified atom stereocenters. The number of carbonyl (C=O) groups excluding carboxylic acids is 1. The van der Waals surface area contributed by atoms with Crippen LogP contribution in [0.5, 0.6) is 0 Å². The Bertz CT molecular complexity index is 1110. The number of amides is 1. The number of rotatable bonds is 5. The van der Waals surface area contributed by atoms with Crippen molar-refractivity contribution in [2.24, 2.45) is 0 Å². The van der Waals surface area contributed by atoms with E-state index in [1.165, 1.54) is 36.1 Å². The van der Waals surface area contributed by atoms with Crippen LogP contribution in [0, 0.1) is 0 Å². The Morgan fingerprint density at radius 2 is 1.61 bits per heavy atom. The van der Waals surface area contributed by atoms with Crippen molar-refractivity contribution >= 4 is 23.4 Å². The van der Waals surface area contributed by atoms with Gasteiger partial charge in [-0.25, -0.2) is 4.79 Å². The van der Waals surface area contributed by atoms with Gasteiger partial charge in [-0.3, -0.25) is 4.90 Å². The lowest BCUT2D eigenvalue weighted by Gasteiger charge is -2.30. The first-order valence-electron chi connectivity index (χ1n) is 11.8. The molecule has 4 nitrogen and oxygen atoms in total. The molecule has 170 valence electrons. The average molecular weight is 461 g/mol. The summed E-state index contributed by atoms with van der Waals surface area (Å²) in [5, 5.41) is 0.676. The number of para-hydroxylation sites is 1. The lowest BCUT2D eigenvalue weighted by atomic mass is 9.98. The predicted molar refractivity (Wildman–Crippen MR) is 134 cm³/mol. The third kappa shape index (κ3) is 4.58. The van der Waals surface area contributed by atoms with Crippen LogP contribution in [0.1, 0.15) is 49.5 Å². The molecule has 0 spiro atoms. The zero-order chi connectivity index (χ0) is 22.8. The number of anilines is 1. The zero-order valence-corrected chi connectivity index (χ0v) is 19.7. The third-order valence-corrected chi connectivity index (χ3v) is 7.11. The highest BCUT2D eigenvalue weighted by Gasteiger charge is 2.35. The SMILES string of the molecule is CC(c1ccc(-c2ccccc2N2CCCCC2)cc1)N1C[C@@H](c2ccc(Cl)cc2)OC1=O. The van der Waals surface area contributed by atoms with Crippen LogP contribution in [0.15, 0.2) is 72.8 Å². The number of halogens is 1. The van der Waals surface area contributed by atoms with Gasteiger partial charge >= 0.3 is 6.09 Å². The fraction of sp³-hybridized carbons (Fsp3) is 0.321. The van der Waals surface area contributed by atoms with Gasteiger partial charge in [0, 0.05) is 29.4 Å². The van der Waals surface area contributed by atoms with Crippen LogP contribution in [-0.2, 0) is 4.74 Å². The molecule has 0 saturated carbocycles. The molecule has 1 amide bonds. The van der Waals surface area contributed by atoms with Gasteiger partial charge in [0.25, 0.3) is 0 Å². The highest BCUT2D eigenvalue weighted by Crippen LogP contribution is 2.36. The van der Waals surface area contributed by atoms with Crippen molar-refractivity contribution in [3.05, 3.63) is 88.9 Å². The molecule has 3 aromatic carbocycles. The lowest BCUT2D eigenvalue weighted by Crippen LogP contribution is -2.29. The average Bonchev–Trinajstić information content (AvgIpc) is 3.26. The highest BCUT2D eigenvalue weighted by atomic mass is 35.5. The van der Waals surface area contributed by atoms with E-state index < -0.39 is 0 Å². The van der Waals surface area contributed by atoms with Crippen molar-refractivity contribution in [2.75, 3.05) is 24.5 Å². The zero-order valence-electron chi connectivity index (χ0n) is 18.9. The fourth-order valence-corrected chi connectivity index (χ4v) is 5.02. The number of piperidine rings is 1. The second kappa shape index (κ2) is 9.48. The Kier molecular flexibility index (Phi) is 6.28. The number of hydrogen-bond donors (Lipinski definition) is 0. The van der Waals surface area contributed by atoms with E-state index in [0.717, 1.165) is 24.2 Å². The third-order valence-electron chi connectivity index (χ3n) is 6.85.